The quantitative estimate of drug-likeness (QED) is 0.0869. The molecule has 4 fully saturated rings. The van der Waals surface area contributed by atoms with Crippen molar-refractivity contribution in [3.63, 3.8) is 0 Å². The molecule has 4 unspecified atom stereocenters. The van der Waals surface area contributed by atoms with Crippen molar-refractivity contribution in [2.24, 2.45) is 26.7 Å². The average molecular weight is 850 g/mol. The zero-order chi connectivity index (χ0) is 42.6. The summed E-state index contributed by atoms with van der Waals surface area (Å²) < 4.78 is 3.30. The van der Waals surface area contributed by atoms with Gasteiger partial charge >= 0.3 is 5.97 Å². The second-order valence-corrected chi connectivity index (χ2v) is 21.2. The number of carboxylic acids is 1. The van der Waals surface area contributed by atoms with Crippen LogP contribution >= 0.6 is 11.3 Å². The number of anilines is 3. The van der Waals surface area contributed by atoms with Crippen molar-refractivity contribution < 1.29 is 20.1 Å². The largest absolute Gasteiger partial charge is 0.480 e. The maximum atomic E-state index is 13.1. The van der Waals surface area contributed by atoms with Crippen LogP contribution in [0.3, 0.4) is 0 Å². The van der Waals surface area contributed by atoms with Crippen molar-refractivity contribution in [1.29, 1.82) is 0 Å². The molecule has 10 rings (SSSR count). The summed E-state index contributed by atoms with van der Waals surface area (Å²) in [7, 11) is 0. The highest BCUT2D eigenvalue weighted by molar-refractivity contribution is 7.22. The molecule has 0 spiro atoms. The van der Waals surface area contributed by atoms with Gasteiger partial charge in [-0.05, 0) is 137 Å². The van der Waals surface area contributed by atoms with E-state index in [4.69, 9.17) is 20.2 Å². The molecule has 4 aliphatic carbocycles. The third-order valence-corrected chi connectivity index (χ3v) is 15.7. The average Bonchev–Trinajstić information content (AvgIpc) is 3.79. The molecule has 1 aromatic carbocycles. The number of hydrogen-bond donors (Lipinski definition) is 4. The standard InChI is InChI=1S/C47H63N9O4S/c1-31-33-11-7-20-55(41(33)53-52-40(31)51-43-49-36-12-5-6-13-37(36)61-43)38-15-14-34(39(50-38)42(59)60)35-23-48-56(32(35)2)30-47-27-44(3)24-45(4,28-47)26-46(25-44,29-47)16-8-17-54(18-9-21-57)19-10-22-58/h5-6,12-15,23,34,39,57-58H,7-11,16-22,24-30H2,1-4H3,(H,59,60)(H,49,51,52). The van der Waals surface area contributed by atoms with E-state index >= 15 is 0 Å². The zero-order valence-corrected chi connectivity index (χ0v) is 37.2. The third-order valence-electron chi connectivity index (χ3n) is 14.7. The molecular weight excluding hydrogens is 787 g/mol. The molecule has 4 N–H and O–H groups in total. The Morgan fingerprint density at radius 1 is 0.951 bits per heavy atom. The topological polar surface area (TPSA) is 165 Å². The Balaban J connectivity index is 0.917. The number of dihydropyridines is 1. The van der Waals surface area contributed by atoms with Crippen LogP contribution < -0.4 is 10.2 Å². The summed E-state index contributed by atoms with van der Waals surface area (Å²) in [5.74, 6) is 0.607. The highest BCUT2D eigenvalue weighted by Crippen LogP contribution is 2.75. The summed E-state index contributed by atoms with van der Waals surface area (Å²) >= 11 is 1.58. The molecule has 0 saturated heterocycles. The van der Waals surface area contributed by atoms with Crippen LogP contribution in [0.1, 0.15) is 113 Å². The van der Waals surface area contributed by atoms with Crippen molar-refractivity contribution in [3.05, 3.63) is 65.0 Å². The number of carbonyl (C=O) groups is 1. The number of nitrogens with one attached hydrogen (secondary N) is 1. The lowest BCUT2D eigenvalue weighted by molar-refractivity contribution is -0.198. The van der Waals surface area contributed by atoms with Gasteiger partial charge in [-0.15, -0.1) is 10.2 Å². The number of aliphatic carboxylic acids is 1. The van der Waals surface area contributed by atoms with Crippen LogP contribution in [0.5, 0.6) is 0 Å². The molecule has 13 nitrogen and oxygen atoms in total. The monoisotopic (exact) mass is 849 g/mol. The summed E-state index contributed by atoms with van der Waals surface area (Å²) in [4.78, 5) is 27.2. The molecule has 0 amide bonds. The number of carboxylic acid groups (broad SMARTS) is 1. The van der Waals surface area contributed by atoms with E-state index < -0.39 is 17.9 Å². The molecule has 4 saturated carbocycles. The Labute approximate surface area is 363 Å². The van der Waals surface area contributed by atoms with Crippen molar-refractivity contribution in [1.82, 2.24) is 29.9 Å². The van der Waals surface area contributed by atoms with Gasteiger partial charge in [-0.1, -0.05) is 43.4 Å². The van der Waals surface area contributed by atoms with Gasteiger partial charge in [0.1, 0.15) is 5.84 Å². The number of amidine groups is 1. The lowest BCUT2D eigenvalue weighted by atomic mass is 9.35. The maximum absolute atomic E-state index is 13.1. The van der Waals surface area contributed by atoms with E-state index in [2.05, 4.69) is 53.8 Å². The van der Waals surface area contributed by atoms with Crippen LogP contribution in [0.4, 0.5) is 16.8 Å². The van der Waals surface area contributed by atoms with E-state index in [-0.39, 0.29) is 18.6 Å². The van der Waals surface area contributed by atoms with E-state index in [0.717, 1.165) is 102 Å². The van der Waals surface area contributed by atoms with Gasteiger partial charge in [-0.3, -0.25) is 9.67 Å². The second kappa shape index (κ2) is 16.5. The fourth-order valence-corrected chi connectivity index (χ4v) is 14.5. The van der Waals surface area contributed by atoms with Crippen molar-refractivity contribution in [2.75, 3.05) is 49.6 Å². The molecule has 6 aliphatic rings. The number of aliphatic hydroxyl groups excluding tert-OH is 2. The Morgan fingerprint density at radius 2 is 1.67 bits per heavy atom. The number of nitrogens with zero attached hydrogens (tertiary/aromatic N) is 8. The van der Waals surface area contributed by atoms with Gasteiger partial charge in [0.05, 0.1) is 16.4 Å². The van der Waals surface area contributed by atoms with Crippen LogP contribution in [0.2, 0.25) is 0 Å². The van der Waals surface area contributed by atoms with Crippen LogP contribution in [-0.4, -0.2) is 102 Å². The van der Waals surface area contributed by atoms with Gasteiger partial charge in [0.15, 0.2) is 22.8 Å². The number of aromatic nitrogens is 5. The van der Waals surface area contributed by atoms with E-state index in [0.29, 0.717) is 34.4 Å². The van der Waals surface area contributed by atoms with E-state index in [1.807, 2.05) is 41.4 Å². The second-order valence-electron chi connectivity index (χ2n) is 20.1. The first-order valence-corrected chi connectivity index (χ1v) is 23.4. The highest BCUT2D eigenvalue weighted by atomic mass is 32.1. The minimum absolute atomic E-state index is 0.143. The highest BCUT2D eigenvalue weighted by Gasteiger charge is 2.65. The normalized spacial score (nSPS) is 29.1. The van der Waals surface area contributed by atoms with Crippen molar-refractivity contribution >= 4 is 50.1 Å². The molecule has 326 valence electrons. The van der Waals surface area contributed by atoms with Gasteiger partial charge < -0.3 is 30.4 Å². The van der Waals surface area contributed by atoms with Crippen LogP contribution in [0.15, 0.2) is 47.6 Å². The molecule has 3 aromatic heterocycles. The van der Waals surface area contributed by atoms with Gasteiger partial charge in [0.25, 0.3) is 0 Å². The number of benzene rings is 1. The number of thiazole rings is 1. The number of aliphatic hydroxyl groups is 2. The van der Waals surface area contributed by atoms with Gasteiger partial charge in [0.2, 0.25) is 0 Å². The van der Waals surface area contributed by atoms with Gasteiger partial charge in [-0.25, -0.2) is 9.78 Å². The van der Waals surface area contributed by atoms with E-state index in [1.54, 1.807) is 11.3 Å². The number of para-hydroxylation sites is 1. The molecule has 2 aliphatic heterocycles. The fraction of sp³-hybridized carbons (Fsp3) is 0.617. The first-order valence-electron chi connectivity index (χ1n) is 22.5. The Kier molecular flexibility index (Phi) is 11.4. The van der Waals surface area contributed by atoms with Crippen LogP contribution in [-0.2, 0) is 17.8 Å². The Morgan fingerprint density at radius 3 is 2.39 bits per heavy atom. The molecule has 5 heterocycles. The summed E-state index contributed by atoms with van der Waals surface area (Å²) in [5, 5.41) is 48.1. The zero-order valence-electron chi connectivity index (χ0n) is 36.4. The molecule has 4 atom stereocenters. The minimum Gasteiger partial charge on any atom is -0.480 e. The minimum atomic E-state index is -0.995. The number of fused-ring (bicyclic) bond motifs is 2. The maximum Gasteiger partial charge on any atom is 0.329 e. The summed E-state index contributed by atoms with van der Waals surface area (Å²) in [5.41, 5.74) is 6.04. The smallest absolute Gasteiger partial charge is 0.329 e. The van der Waals surface area contributed by atoms with Crippen LogP contribution in [0.25, 0.3) is 10.2 Å². The lowest BCUT2D eigenvalue weighted by Gasteiger charge is -2.70. The lowest BCUT2D eigenvalue weighted by Crippen LogP contribution is -2.60. The first kappa shape index (κ1) is 42.1. The number of aliphatic imine (C=N–C) groups is 1. The molecule has 4 aromatic rings. The van der Waals surface area contributed by atoms with Gasteiger partial charge in [-0.2, -0.15) is 5.10 Å². The van der Waals surface area contributed by atoms with E-state index in [9.17, 15) is 20.1 Å². The summed E-state index contributed by atoms with van der Waals surface area (Å²) in [6.07, 6.45) is 19.0. The predicted molar refractivity (Wildman–Crippen MR) is 241 cm³/mol. The van der Waals surface area contributed by atoms with Crippen molar-refractivity contribution in [2.45, 2.75) is 123 Å². The molecule has 4 bridgehead atoms. The first-order chi connectivity index (χ1) is 29.3. The van der Waals surface area contributed by atoms with Crippen molar-refractivity contribution in [3.8, 4) is 0 Å². The summed E-state index contributed by atoms with van der Waals surface area (Å²) in [6, 6.07) is 7.06. The van der Waals surface area contributed by atoms with Crippen LogP contribution in [0, 0.1) is 35.5 Å². The fourth-order valence-electron chi connectivity index (χ4n) is 13.6. The van der Waals surface area contributed by atoms with E-state index in [1.165, 1.54) is 44.9 Å². The SMILES string of the molecule is Cc1c(Nc2nc3ccccc3s2)nnc2c1CCCN2C1=NC(C(=O)O)C(c2cnn(CC34CC5(C)CC(C)(CC(CCCN(CCCO)CCCO)(C5)C3)C4)c2C)C=C1. The summed E-state index contributed by atoms with van der Waals surface area (Å²) in [6.45, 7) is 13.9. The molecular formula is C47H63N9O4S. The number of hydrogen-bond acceptors (Lipinski definition) is 12. The Bertz CT molecular complexity index is 2280. The molecule has 0 radical (unpaired) electrons. The molecule has 14 heteroatoms. The number of rotatable bonds is 16. The van der Waals surface area contributed by atoms with Gasteiger partial charge in [0, 0.05) is 67.7 Å². The molecule has 61 heavy (non-hydrogen) atoms. The predicted octanol–water partition coefficient (Wildman–Crippen LogP) is 7.81. The Hall–Kier alpha value is -4.24. The third kappa shape index (κ3) is 8.25.